The summed E-state index contributed by atoms with van der Waals surface area (Å²) in [4.78, 5) is 30.8. The van der Waals surface area contributed by atoms with Gasteiger partial charge in [-0.2, -0.15) is 0 Å². The largest absolute Gasteiger partial charge is 0.497 e. The summed E-state index contributed by atoms with van der Waals surface area (Å²) in [6.07, 6.45) is 1.65. The molecule has 2 aromatic rings. The zero-order chi connectivity index (χ0) is 23.7. The number of hydrogen-bond donors (Lipinski definition) is 0. The Morgan fingerprint density at radius 3 is 2.39 bits per heavy atom. The van der Waals surface area contributed by atoms with Crippen LogP contribution in [-0.4, -0.2) is 38.8 Å². The molecule has 0 N–H and O–H groups in total. The van der Waals surface area contributed by atoms with E-state index in [9.17, 15) is 9.59 Å². The second-order valence-corrected chi connectivity index (χ2v) is 7.79. The molecular weight excluding hydrogens is 422 g/mol. The lowest BCUT2D eigenvalue weighted by Gasteiger charge is -2.29. The number of ether oxygens (including phenoxy) is 4. The highest BCUT2D eigenvalue weighted by atomic mass is 16.5. The van der Waals surface area contributed by atoms with E-state index in [-0.39, 0.29) is 23.2 Å². The minimum Gasteiger partial charge on any atom is -0.497 e. The Kier molecular flexibility index (Phi) is 6.05. The number of methoxy groups -OCH3 is 3. The lowest BCUT2D eigenvalue weighted by Crippen LogP contribution is -2.31. The predicted molar refractivity (Wildman–Crippen MR) is 124 cm³/mol. The fourth-order valence-corrected chi connectivity index (χ4v) is 4.41. The van der Waals surface area contributed by atoms with Crippen LogP contribution in [0.1, 0.15) is 30.9 Å². The molecule has 0 aliphatic carbocycles. The van der Waals surface area contributed by atoms with Gasteiger partial charge in [0.15, 0.2) is 11.5 Å². The summed E-state index contributed by atoms with van der Waals surface area (Å²) >= 11 is 0. The molecule has 4 rings (SSSR count). The first-order valence-electron chi connectivity index (χ1n) is 10.5. The molecule has 0 radical (unpaired) electrons. The number of carbonyl (C=O) groups is 2. The van der Waals surface area contributed by atoms with Gasteiger partial charge in [0.1, 0.15) is 23.2 Å². The Morgan fingerprint density at radius 1 is 1.00 bits per heavy atom. The average Bonchev–Trinajstić information content (AvgIpc) is 3.12. The Morgan fingerprint density at radius 2 is 1.73 bits per heavy atom. The molecule has 7 heteroatoms. The van der Waals surface area contributed by atoms with Crippen LogP contribution < -0.4 is 14.2 Å². The molecule has 33 heavy (non-hydrogen) atoms. The van der Waals surface area contributed by atoms with Crippen LogP contribution in [-0.2, 0) is 14.3 Å². The Balaban J connectivity index is 1.85. The van der Waals surface area contributed by atoms with Crippen LogP contribution in [0.2, 0.25) is 0 Å². The van der Waals surface area contributed by atoms with E-state index in [1.54, 1.807) is 52.5 Å². The number of ketones is 2. The summed E-state index contributed by atoms with van der Waals surface area (Å²) < 4.78 is 22.3. The fourth-order valence-electron chi connectivity index (χ4n) is 4.41. The zero-order valence-electron chi connectivity index (χ0n) is 19.2. The summed E-state index contributed by atoms with van der Waals surface area (Å²) in [7, 11) is 4.67. The number of nitrogens with zero attached hydrogens (tertiary/aromatic N) is 1. The molecule has 0 spiro atoms. The van der Waals surface area contributed by atoms with Gasteiger partial charge in [0.05, 0.1) is 21.3 Å². The highest BCUT2D eigenvalue weighted by molar-refractivity contribution is 6.19. The third-order valence-corrected chi connectivity index (χ3v) is 5.90. The van der Waals surface area contributed by atoms with Gasteiger partial charge in [-0.3, -0.25) is 9.59 Å². The number of rotatable bonds is 6. The number of carbonyl (C=O) groups excluding carboxylic acids is 2. The maximum absolute atomic E-state index is 13.6. The van der Waals surface area contributed by atoms with Crippen LogP contribution in [0.5, 0.6) is 17.2 Å². The van der Waals surface area contributed by atoms with Crippen molar-refractivity contribution in [2.75, 3.05) is 21.3 Å². The van der Waals surface area contributed by atoms with E-state index >= 15 is 0 Å². The molecule has 0 bridgehead atoms. The van der Waals surface area contributed by atoms with E-state index in [0.29, 0.717) is 39.6 Å². The molecule has 2 heterocycles. The molecule has 2 aromatic carbocycles. The van der Waals surface area contributed by atoms with E-state index in [0.717, 1.165) is 0 Å². The molecule has 7 nitrogen and oxygen atoms in total. The number of benzene rings is 2. The van der Waals surface area contributed by atoms with Crippen LogP contribution in [0.15, 0.2) is 64.5 Å². The van der Waals surface area contributed by atoms with Gasteiger partial charge in [0, 0.05) is 34.4 Å². The van der Waals surface area contributed by atoms with Crippen molar-refractivity contribution in [1.82, 2.24) is 0 Å². The number of Topliss-reactive ketones (excluding diaryl/α,β-unsaturated/α-hetero) is 2. The molecule has 0 amide bonds. The van der Waals surface area contributed by atoms with Crippen molar-refractivity contribution in [1.29, 1.82) is 0 Å². The summed E-state index contributed by atoms with van der Waals surface area (Å²) in [5, 5.41) is 0. The van der Waals surface area contributed by atoms with Crippen molar-refractivity contribution in [3.63, 3.8) is 0 Å². The van der Waals surface area contributed by atoms with Crippen molar-refractivity contribution in [2.24, 2.45) is 10.9 Å². The third kappa shape index (κ3) is 3.91. The Bertz CT molecular complexity index is 1220. The normalized spacial score (nSPS) is 20.8. The third-order valence-electron chi connectivity index (χ3n) is 5.90. The monoisotopic (exact) mass is 447 g/mol. The van der Waals surface area contributed by atoms with Crippen molar-refractivity contribution in [2.45, 2.75) is 19.8 Å². The van der Waals surface area contributed by atoms with Crippen molar-refractivity contribution in [3.05, 3.63) is 70.6 Å². The lowest BCUT2D eigenvalue weighted by molar-refractivity contribution is -0.118. The van der Waals surface area contributed by atoms with Crippen LogP contribution in [0.3, 0.4) is 0 Å². The zero-order valence-corrected chi connectivity index (χ0v) is 19.2. The average molecular weight is 447 g/mol. The van der Waals surface area contributed by atoms with Gasteiger partial charge >= 0.3 is 0 Å². The van der Waals surface area contributed by atoms with Gasteiger partial charge in [-0.1, -0.05) is 24.3 Å². The summed E-state index contributed by atoms with van der Waals surface area (Å²) in [5.74, 6) is 0.359. The second-order valence-electron chi connectivity index (χ2n) is 7.79. The molecule has 170 valence electrons. The molecule has 1 saturated heterocycles. The van der Waals surface area contributed by atoms with E-state index in [1.807, 2.05) is 24.3 Å². The summed E-state index contributed by atoms with van der Waals surface area (Å²) in [6, 6.07) is 12.7. The van der Waals surface area contributed by atoms with Gasteiger partial charge in [-0.25, -0.2) is 4.99 Å². The number of hydrogen-bond acceptors (Lipinski definition) is 7. The van der Waals surface area contributed by atoms with E-state index in [4.69, 9.17) is 18.9 Å². The number of fused-ring (bicyclic) bond motifs is 1. The smallest absolute Gasteiger partial charge is 0.211 e. The van der Waals surface area contributed by atoms with Gasteiger partial charge in [0.25, 0.3) is 0 Å². The molecule has 2 aliphatic heterocycles. The van der Waals surface area contributed by atoms with E-state index in [1.165, 1.54) is 6.92 Å². The standard InChI is InChI=1S/C26H25NO6/c1-14-22(15(2)28)23(18-11-10-17(30-3)13-20(18)32-5)24-25(29)21(33-26(24)27-14)12-16-8-6-7-9-19(16)31-4/h6-13,23-24H,1-5H3/b21-12-. The lowest BCUT2D eigenvalue weighted by atomic mass is 9.75. The Hall–Kier alpha value is -3.87. The first-order valence-corrected chi connectivity index (χ1v) is 10.5. The van der Waals surface area contributed by atoms with Crippen molar-refractivity contribution < 1.29 is 28.5 Å². The molecule has 2 atom stereocenters. The second kappa shape index (κ2) is 8.94. The number of aliphatic imine (C=N–C) groups is 1. The molecule has 0 saturated carbocycles. The highest BCUT2D eigenvalue weighted by Gasteiger charge is 2.49. The topological polar surface area (TPSA) is 83.4 Å². The number of allylic oxidation sites excluding steroid dienone is 3. The molecule has 0 aromatic heterocycles. The van der Waals surface area contributed by atoms with Gasteiger partial charge < -0.3 is 18.9 Å². The van der Waals surface area contributed by atoms with E-state index < -0.39 is 11.8 Å². The molecular formula is C26H25NO6. The molecule has 2 aliphatic rings. The summed E-state index contributed by atoms with van der Waals surface area (Å²) in [6.45, 7) is 3.23. The van der Waals surface area contributed by atoms with Crippen LogP contribution in [0, 0.1) is 5.92 Å². The SMILES string of the molecule is COc1ccc(C2C(C(C)=O)=C(C)N=C3O/C(=C\c4ccccc4OC)C(=O)C32)c(OC)c1. The van der Waals surface area contributed by atoms with Gasteiger partial charge in [-0.15, -0.1) is 0 Å². The minimum absolute atomic E-state index is 0.151. The fraction of sp³-hybridized carbons (Fsp3) is 0.269. The van der Waals surface area contributed by atoms with Crippen molar-refractivity contribution in [3.8, 4) is 17.2 Å². The van der Waals surface area contributed by atoms with Crippen LogP contribution >= 0.6 is 0 Å². The Labute approximate surface area is 192 Å². The maximum atomic E-state index is 13.6. The van der Waals surface area contributed by atoms with E-state index in [2.05, 4.69) is 4.99 Å². The molecule has 1 fully saturated rings. The van der Waals surface area contributed by atoms with Gasteiger partial charge in [-0.05, 0) is 32.1 Å². The van der Waals surface area contributed by atoms with Gasteiger partial charge in [0.2, 0.25) is 11.7 Å². The predicted octanol–water partition coefficient (Wildman–Crippen LogP) is 4.33. The summed E-state index contributed by atoms with van der Waals surface area (Å²) in [5.41, 5.74) is 2.37. The number of para-hydroxylation sites is 1. The minimum atomic E-state index is -0.782. The highest BCUT2D eigenvalue weighted by Crippen LogP contribution is 2.47. The van der Waals surface area contributed by atoms with Crippen molar-refractivity contribution >= 4 is 23.5 Å². The first kappa shape index (κ1) is 22.3. The van der Waals surface area contributed by atoms with Crippen LogP contribution in [0.25, 0.3) is 6.08 Å². The molecule has 2 unspecified atom stereocenters. The first-order chi connectivity index (χ1) is 15.9. The van der Waals surface area contributed by atoms with Crippen LogP contribution in [0.4, 0.5) is 0 Å². The maximum Gasteiger partial charge on any atom is 0.211 e. The quantitative estimate of drug-likeness (QED) is 0.613.